The summed E-state index contributed by atoms with van der Waals surface area (Å²) in [4.78, 5) is 11.0. The van der Waals surface area contributed by atoms with Crippen molar-refractivity contribution in [1.29, 1.82) is 0 Å². The van der Waals surface area contributed by atoms with E-state index < -0.39 is 0 Å². The summed E-state index contributed by atoms with van der Waals surface area (Å²) in [5.74, 6) is 1.34. The number of fused-ring (bicyclic) bond motifs is 1. The molecule has 5 heteroatoms. The van der Waals surface area contributed by atoms with E-state index in [0.717, 1.165) is 35.8 Å². The Labute approximate surface area is 117 Å². The minimum absolute atomic E-state index is 0.596. The molecule has 2 aromatic rings. The van der Waals surface area contributed by atoms with E-state index in [4.69, 9.17) is 4.74 Å². The summed E-state index contributed by atoms with van der Waals surface area (Å²) < 4.78 is 5.97. The van der Waals surface area contributed by atoms with Crippen molar-refractivity contribution in [3.63, 3.8) is 0 Å². The van der Waals surface area contributed by atoms with Gasteiger partial charge in [0, 0.05) is 17.3 Å². The van der Waals surface area contributed by atoms with Crippen molar-refractivity contribution in [3.05, 3.63) is 16.8 Å². The molecule has 2 aromatic heterocycles. The summed E-state index contributed by atoms with van der Waals surface area (Å²) in [6.45, 7) is 7.17. The third-order valence-electron chi connectivity index (χ3n) is 3.79. The van der Waals surface area contributed by atoms with Crippen LogP contribution < -0.4 is 10.1 Å². The molecule has 0 bridgehead atoms. The lowest BCUT2D eigenvalue weighted by Gasteiger charge is -2.22. The van der Waals surface area contributed by atoms with Gasteiger partial charge in [-0.25, -0.2) is 9.97 Å². The Morgan fingerprint density at radius 2 is 2.32 bits per heavy atom. The van der Waals surface area contributed by atoms with Crippen LogP contribution in [0.5, 0.6) is 5.88 Å². The van der Waals surface area contributed by atoms with Crippen molar-refractivity contribution in [1.82, 2.24) is 15.3 Å². The Morgan fingerprint density at radius 1 is 1.42 bits per heavy atom. The Hall–Kier alpha value is -1.20. The number of aryl methyl sites for hydroxylation is 2. The third kappa shape index (κ3) is 2.58. The normalized spacial score (nSPS) is 19.8. The maximum absolute atomic E-state index is 5.97. The van der Waals surface area contributed by atoms with Crippen LogP contribution in [0.25, 0.3) is 10.2 Å². The van der Waals surface area contributed by atoms with Gasteiger partial charge in [-0.3, -0.25) is 0 Å². The molecule has 1 aliphatic heterocycles. The quantitative estimate of drug-likeness (QED) is 0.937. The van der Waals surface area contributed by atoms with Crippen LogP contribution in [0.1, 0.15) is 23.3 Å². The maximum atomic E-state index is 5.97. The minimum atomic E-state index is 0.596. The van der Waals surface area contributed by atoms with Crippen LogP contribution in [-0.4, -0.2) is 29.7 Å². The summed E-state index contributed by atoms with van der Waals surface area (Å²) in [7, 11) is 0. The van der Waals surface area contributed by atoms with Gasteiger partial charge in [0.1, 0.15) is 11.2 Å². The second-order valence-corrected chi connectivity index (χ2v) is 6.37. The molecule has 0 aliphatic carbocycles. The summed E-state index contributed by atoms with van der Waals surface area (Å²) in [5.41, 5.74) is 1.25. The third-order valence-corrected chi connectivity index (χ3v) is 4.90. The number of piperidine rings is 1. The van der Waals surface area contributed by atoms with E-state index >= 15 is 0 Å². The molecule has 1 unspecified atom stereocenters. The van der Waals surface area contributed by atoms with E-state index in [9.17, 15) is 0 Å². The van der Waals surface area contributed by atoms with Gasteiger partial charge in [-0.15, -0.1) is 11.3 Å². The fourth-order valence-corrected chi connectivity index (χ4v) is 3.51. The van der Waals surface area contributed by atoms with Crippen LogP contribution in [-0.2, 0) is 0 Å². The Bertz CT molecular complexity index is 575. The maximum Gasteiger partial charge on any atom is 0.225 e. The molecule has 0 spiro atoms. The van der Waals surface area contributed by atoms with Crippen LogP contribution in [0, 0.1) is 19.8 Å². The van der Waals surface area contributed by atoms with E-state index in [0.29, 0.717) is 5.92 Å². The van der Waals surface area contributed by atoms with Gasteiger partial charge in [-0.2, -0.15) is 0 Å². The molecule has 3 heterocycles. The number of nitrogens with zero attached hydrogens (tertiary/aromatic N) is 2. The summed E-state index contributed by atoms with van der Waals surface area (Å²) in [6.07, 6.45) is 4.08. The van der Waals surface area contributed by atoms with Crippen LogP contribution >= 0.6 is 11.3 Å². The topological polar surface area (TPSA) is 47.0 Å². The number of rotatable bonds is 3. The van der Waals surface area contributed by atoms with E-state index in [1.165, 1.54) is 23.3 Å². The van der Waals surface area contributed by atoms with Gasteiger partial charge in [0.25, 0.3) is 0 Å². The molecular formula is C14H19N3OS. The van der Waals surface area contributed by atoms with Crippen molar-refractivity contribution < 1.29 is 4.74 Å². The zero-order chi connectivity index (χ0) is 13.2. The monoisotopic (exact) mass is 277 g/mol. The molecule has 0 amide bonds. The average Bonchev–Trinajstić information content (AvgIpc) is 2.74. The van der Waals surface area contributed by atoms with Gasteiger partial charge >= 0.3 is 0 Å². The number of ether oxygens (including phenoxy) is 1. The van der Waals surface area contributed by atoms with Gasteiger partial charge in [0.15, 0.2) is 0 Å². The number of thiophene rings is 1. The SMILES string of the molecule is Cc1sc2ncnc(OCC3CCCNC3)c2c1C. The highest BCUT2D eigenvalue weighted by Gasteiger charge is 2.17. The molecule has 1 fully saturated rings. The van der Waals surface area contributed by atoms with E-state index in [1.54, 1.807) is 17.7 Å². The minimum Gasteiger partial charge on any atom is -0.477 e. The standard InChI is InChI=1S/C14H19N3OS/c1-9-10(2)19-14-12(9)13(16-8-17-14)18-7-11-4-3-5-15-6-11/h8,11,15H,3-7H2,1-2H3. The lowest BCUT2D eigenvalue weighted by Crippen LogP contribution is -2.33. The Kier molecular flexibility index (Phi) is 3.66. The van der Waals surface area contributed by atoms with Crippen LogP contribution in [0.2, 0.25) is 0 Å². The van der Waals surface area contributed by atoms with Crippen LogP contribution in [0.4, 0.5) is 0 Å². The molecule has 19 heavy (non-hydrogen) atoms. The molecule has 1 saturated heterocycles. The predicted molar refractivity (Wildman–Crippen MR) is 78.0 cm³/mol. The van der Waals surface area contributed by atoms with Crippen molar-refractivity contribution in [2.75, 3.05) is 19.7 Å². The lowest BCUT2D eigenvalue weighted by molar-refractivity contribution is 0.214. The number of aromatic nitrogens is 2. The smallest absolute Gasteiger partial charge is 0.225 e. The first-order valence-corrected chi connectivity index (χ1v) is 7.61. The number of hydrogen-bond acceptors (Lipinski definition) is 5. The molecule has 1 aliphatic rings. The van der Waals surface area contributed by atoms with Crippen molar-refractivity contribution >= 4 is 21.6 Å². The van der Waals surface area contributed by atoms with Crippen LogP contribution in [0.3, 0.4) is 0 Å². The highest BCUT2D eigenvalue weighted by Crippen LogP contribution is 2.33. The van der Waals surface area contributed by atoms with Crippen molar-refractivity contribution in [3.8, 4) is 5.88 Å². The summed E-state index contributed by atoms with van der Waals surface area (Å²) >= 11 is 1.71. The molecule has 1 atom stereocenters. The number of nitrogens with one attached hydrogen (secondary N) is 1. The summed E-state index contributed by atoms with van der Waals surface area (Å²) in [6, 6.07) is 0. The molecule has 0 radical (unpaired) electrons. The Balaban J connectivity index is 1.80. The molecule has 4 nitrogen and oxygen atoms in total. The molecular weight excluding hydrogens is 258 g/mol. The van der Waals surface area contributed by atoms with Gasteiger partial charge in [0.2, 0.25) is 5.88 Å². The Morgan fingerprint density at radius 3 is 3.11 bits per heavy atom. The van der Waals surface area contributed by atoms with E-state index in [1.807, 2.05) is 0 Å². The predicted octanol–water partition coefficient (Wildman–Crippen LogP) is 2.69. The van der Waals surface area contributed by atoms with E-state index in [-0.39, 0.29) is 0 Å². The molecule has 0 saturated carbocycles. The fourth-order valence-electron chi connectivity index (χ4n) is 2.52. The molecule has 0 aromatic carbocycles. The molecule has 102 valence electrons. The highest BCUT2D eigenvalue weighted by atomic mass is 32.1. The fraction of sp³-hybridized carbons (Fsp3) is 0.571. The zero-order valence-electron chi connectivity index (χ0n) is 11.4. The molecule has 3 rings (SSSR count). The largest absolute Gasteiger partial charge is 0.477 e. The highest BCUT2D eigenvalue weighted by molar-refractivity contribution is 7.18. The second-order valence-electron chi connectivity index (χ2n) is 5.17. The van der Waals surface area contributed by atoms with Gasteiger partial charge < -0.3 is 10.1 Å². The zero-order valence-corrected chi connectivity index (χ0v) is 12.2. The summed E-state index contributed by atoms with van der Waals surface area (Å²) in [5, 5.41) is 4.50. The van der Waals surface area contributed by atoms with E-state index in [2.05, 4.69) is 29.1 Å². The van der Waals surface area contributed by atoms with Gasteiger partial charge in [-0.05, 0) is 38.8 Å². The van der Waals surface area contributed by atoms with Gasteiger partial charge in [0.05, 0.1) is 12.0 Å². The molecule has 1 N–H and O–H groups in total. The van der Waals surface area contributed by atoms with Gasteiger partial charge in [-0.1, -0.05) is 0 Å². The lowest BCUT2D eigenvalue weighted by atomic mass is 10.0. The first-order chi connectivity index (χ1) is 9.25. The van der Waals surface area contributed by atoms with Crippen LogP contribution in [0.15, 0.2) is 6.33 Å². The first-order valence-electron chi connectivity index (χ1n) is 6.80. The second kappa shape index (κ2) is 5.43. The first kappa shape index (κ1) is 12.8. The van der Waals surface area contributed by atoms with Crippen molar-refractivity contribution in [2.24, 2.45) is 5.92 Å². The van der Waals surface area contributed by atoms with Crippen molar-refractivity contribution in [2.45, 2.75) is 26.7 Å². The average molecular weight is 277 g/mol. The number of hydrogen-bond donors (Lipinski definition) is 1.